The van der Waals surface area contributed by atoms with E-state index in [2.05, 4.69) is 0 Å². The summed E-state index contributed by atoms with van der Waals surface area (Å²) < 4.78 is 30.7. The molecule has 4 atom stereocenters. The van der Waals surface area contributed by atoms with Crippen molar-refractivity contribution < 1.29 is 28.2 Å². The molecule has 0 N–H and O–H groups in total. The average Bonchev–Trinajstić information content (AvgIpc) is 3.62. The Morgan fingerprint density at radius 3 is 1.88 bits per heavy atom. The lowest BCUT2D eigenvalue weighted by atomic mass is 10.0. The van der Waals surface area contributed by atoms with Crippen LogP contribution in [0.5, 0.6) is 0 Å². The van der Waals surface area contributed by atoms with Crippen LogP contribution in [-0.4, -0.2) is 36.6 Å². The number of benzene rings is 3. The van der Waals surface area contributed by atoms with Crippen LogP contribution in [0.15, 0.2) is 108 Å². The van der Waals surface area contributed by atoms with Crippen molar-refractivity contribution in [2.75, 3.05) is 13.2 Å². The molecule has 0 aliphatic carbocycles. The van der Waals surface area contributed by atoms with E-state index < -0.39 is 12.1 Å². The summed E-state index contributed by atoms with van der Waals surface area (Å²) in [6.45, 7) is 3.87. The van der Waals surface area contributed by atoms with Gasteiger partial charge < -0.3 is 23.4 Å². The molecule has 1 aliphatic heterocycles. The maximum Gasteiger partial charge on any atom is 0.341 e. The minimum Gasteiger partial charge on any atom is -0.467 e. The van der Waals surface area contributed by atoms with Crippen LogP contribution in [0.1, 0.15) is 45.0 Å². The van der Waals surface area contributed by atoms with E-state index in [1.165, 1.54) is 6.26 Å². The van der Waals surface area contributed by atoms with Gasteiger partial charge in [0, 0.05) is 0 Å². The van der Waals surface area contributed by atoms with Crippen LogP contribution in [-0.2, 0) is 38.8 Å². The van der Waals surface area contributed by atoms with Gasteiger partial charge in [0.2, 0.25) is 0 Å². The molecular formula is C33H34O6S. The van der Waals surface area contributed by atoms with Crippen LogP contribution in [0.25, 0.3) is 0 Å². The lowest BCUT2D eigenvalue weighted by Crippen LogP contribution is -2.37. The van der Waals surface area contributed by atoms with Gasteiger partial charge in [-0.15, -0.1) is 11.8 Å². The van der Waals surface area contributed by atoms with Gasteiger partial charge in [-0.1, -0.05) is 91.0 Å². The highest BCUT2D eigenvalue weighted by Gasteiger charge is 2.49. The number of hydrogen-bond donors (Lipinski definition) is 0. The zero-order chi connectivity index (χ0) is 27.6. The summed E-state index contributed by atoms with van der Waals surface area (Å²) in [5.74, 6) is 0.138. The van der Waals surface area contributed by atoms with E-state index in [1.54, 1.807) is 24.8 Å². The molecule has 0 spiro atoms. The molecule has 2 heterocycles. The lowest BCUT2D eigenvalue weighted by Gasteiger charge is -2.26. The first kappa shape index (κ1) is 28.2. The summed E-state index contributed by atoms with van der Waals surface area (Å²) in [5, 5.41) is -0.345. The first-order valence-corrected chi connectivity index (χ1v) is 14.5. The van der Waals surface area contributed by atoms with Crippen molar-refractivity contribution in [3.05, 3.63) is 131 Å². The van der Waals surface area contributed by atoms with Gasteiger partial charge in [0.15, 0.2) is 0 Å². The van der Waals surface area contributed by atoms with Crippen LogP contribution in [0.3, 0.4) is 0 Å². The standard InChI is InChI=1S/C33H34O6S/c1-2-36-33(34)27-18-19-37-29(27)32-31(39-22-26-16-10-5-11-17-26)30(38-21-25-14-8-4-9-15-25)28(40-32)23-35-20-24-12-6-3-7-13-24/h3-19,28,30-32H,2,20-23H2,1H3/t28-,30-,31-,32-/m1/s1. The highest BCUT2D eigenvalue weighted by Crippen LogP contribution is 2.49. The molecule has 0 radical (unpaired) electrons. The van der Waals surface area contributed by atoms with Gasteiger partial charge in [0.1, 0.15) is 17.4 Å². The minimum atomic E-state index is -0.404. The van der Waals surface area contributed by atoms with E-state index in [-0.39, 0.29) is 23.2 Å². The monoisotopic (exact) mass is 558 g/mol. The molecule has 40 heavy (non-hydrogen) atoms. The van der Waals surface area contributed by atoms with E-state index >= 15 is 0 Å². The number of thioether (sulfide) groups is 1. The second-order valence-electron chi connectivity index (χ2n) is 9.54. The molecule has 1 aromatic heterocycles. The fourth-order valence-electron chi connectivity index (χ4n) is 4.78. The number of hydrogen-bond acceptors (Lipinski definition) is 7. The Labute approximate surface area is 239 Å². The van der Waals surface area contributed by atoms with Crippen molar-refractivity contribution in [3.8, 4) is 0 Å². The third kappa shape index (κ3) is 7.23. The Morgan fingerprint density at radius 1 is 0.750 bits per heavy atom. The van der Waals surface area contributed by atoms with Gasteiger partial charge in [-0.2, -0.15) is 0 Å². The first-order valence-electron chi connectivity index (χ1n) is 13.6. The molecule has 3 aromatic carbocycles. The quantitative estimate of drug-likeness (QED) is 0.164. The summed E-state index contributed by atoms with van der Waals surface area (Å²) in [6.07, 6.45) is 0.837. The van der Waals surface area contributed by atoms with Gasteiger partial charge in [-0.25, -0.2) is 4.79 Å². The molecule has 7 heteroatoms. The molecule has 0 bridgehead atoms. The third-order valence-electron chi connectivity index (χ3n) is 6.72. The van der Waals surface area contributed by atoms with Gasteiger partial charge in [0.05, 0.1) is 55.9 Å². The number of carbonyl (C=O) groups excluding carboxylic acids is 1. The predicted octanol–water partition coefficient (Wildman–Crippen LogP) is 7.00. The lowest BCUT2D eigenvalue weighted by molar-refractivity contribution is -0.0872. The topological polar surface area (TPSA) is 67.1 Å². The molecule has 4 aromatic rings. The Bertz CT molecular complexity index is 1310. The van der Waals surface area contributed by atoms with Crippen molar-refractivity contribution >= 4 is 17.7 Å². The summed E-state index contributed by atoms with van der Waals surface area (Å²) in [4.78, 5) is 12.8. The SMILES string of the molecule is CCOC(=O)c1ccoc1[C@H]1S[C@H](COCc2ccccc2)[C@@H](OCc2ccccc2)[C@H]1OCc1ccccc1. The highest BCUT2D eigenvalue weighted by molar-refractivity contribution is 8.00. The van der Waals surface area contributed by atoms with E-state index in [1.807, 2.05) is 91.0 Å². The average molecular weight is 559 g/mol. The number of rotatable bonds is 13. The molecule has 208 valence electrons. The predicted molar refractivity (Wildman–Crippen MR) is 155 cm³/mol. The van der Waals surface area contributed by atoms with Gasteiger partial charge >= 0.3 is 5.97 Å². The molecule has 1 fully saturated rings. The number of furan rings is 1. The molecule has 1 aliphatic rings. The van der Waals surface area contributed by atoms with Crippen molar-refractivity contribution in [1.29, 1.82) is 0 Å². The van der Waals surface area contributed by atoms with Crippen LogP contribution in [0.2, 0.25) is 0 Å². The Kier molecular flexibility index (Phi) is 10.1. The number of ether oxygens (including phenoxy) is 4. The van der Waals surface area contributed by atoms with Gasteiger partial charge in [-0.3, -0.25) is 0 Å². The zero-order valence-corrected chi connectivity index (χ0v) is 23.3. The fourth-order valence-corrected chi connectivity index (χ4v) is 6.41. The third-order valence-corrected chi connectivity index (χ3v) is 8.25. The summed E-state index contributed by atoms with van der Waals surface area (Å²) in [5.41, 5.74) is 3.66. The van der Waals surface area contributed by atoms with Crippen molar-refractivity contribution in [1.82, 2.24) is 0 Å². The Hall–Kier alpha value is -3.36. The fraction of sp³-hybridized carbons (Fsp3) is 0.303. The van der Waals surface area contributed by atoms with Crippen LogP contribution >= 0.6 is 11.8 Å². The Balaban J connectivity index is 1.41. The van der Waals surface area contributed by atoms with E-state index in [4.69, 9.17) is 23.4 Å². The van der Waals surface area contributed by atoms with Crippen LogP contribution in [0, 0.1) is 0 Å². The van der Waals surface area contributed by atoms with E-state index in [0.29, 0.717) is 37.8 Å². The van der Waals surface area contributed by atoms with Gasteiger partial charge in [-0.05, 0) is 29.7 Å². The normalized spacial score (nSPS) is 20.4. The molecule has 1 saturated heterocycles. The summed E-state index contributed by atoms with van der Waals surface area (Å²) >= 11 is 1.66. The number of carbonyl (C=O) groups is 1. The Morgan fingerprint density at radius 2 is 1.30 bits per heavy atom. The van der Waals surface area contributed by atoms with E-state index in [0.717, 1.165) is 16.7 Å². The largest absolute Gasteiger partial charge is 0.467 e. The smallest absolute Gasteiger partial charge is 0.341 e. The highest BCUT2D eigenvalue weighted by atomic mass is 32.2. The maximum atomic E-state index is 12.8. The molecule has 0 amide bonds. The van der Waals surface area contributed by atoms with Crippen LogP contribution < -0.4 is 0 Å². The first-order chi connectivity index (χ1) is 19.7. The minimum absolute atomic E-state index is 0.0571. The maximum absolute atomic E-state index is 12.8. The molecule has 6 nitrogen and oxygen atoms in total. The van der Waals surface area contributed by atoms with Crippen molar-refractivity contribution in [2.45, 2.75) is 49.5 Å². The molecular weight excluding hydrogens is 524 g/mol. The molecule has 0 unspecified atom stereocenters. The summed E-state index contributed by atoms with van der Waals surface area (Å²) in [7, 11) is 0. The molecule has 0 saturated carbocycles. The second kappa shape index (κ2) is 14.3. The zero-order valence-electron chi connectivity index (χ0n) is 22.5. The van der Waals surface area contributed by atoms with Gasteiger partial charge in [0.25, 0.3) is 0 Å². The summed E-state index contributed by atoms with van der Waals surface area (Å²) in [6, 6.07) is 31.9. The van der Waals surface area contributed by atoms with E-state index in [9.17, 15) is 4.79 Å². The molecule has 5 rings (SSSR count). The second-order valence-corrected chi connectivity index (χ2v) is 10.9. The number of esters is 1. The van der Waals surface area contributed by atoms with Crippen LogP contribution in [0.4, 0.5) is 0 Å². The van der Waals surface area contributed by atoms with Crippen molar-refractivity contribution in [2.24, 2.45) is 0 Å². The van der Waals surface area contributed by atoms with Crippen molar-refractivity contribution in [3.63, 3.8) is 0 Å².